The van der Waals surface area contributed by atoms with E-state index in [1.807, 2.05) is 0 Å². The van der Waals surface area contributed by atoms with Crippen molar-refractivity contribution in [2.45, 2.75) is 32.6 Å². The molecule has 0 aromatic rings. The molecule has 0 aromatic heterocycles. The van der Waals surface area contributed by atoms with Crippen molar-refractivity contribution in [3.8, 4) is 0 Å². The van der Waals surface area contributed by atoms with Gasteiger partial charge in [0.15, 0.2) is 0 Å². The zero-order valence-corrected chi connectivity index (χ0v) is 7.64. The highest BCUT2D eigenvalue weighted by molar-refractivity contribution is 4.48. The van der Waals surface area contributed by atoms with Gasteiger partial charge in [-0.15, -0.1) is 13.2 Å². The average molecular weight is 156 g/mol. The van der Waals surface area contributed by atoms with Gasteiger partial charge in [-0.1, -0.05) is 32.8 Å². The minimum atomic E-state index is 0.837. The van der Waals surface area contributed by atoms with E-state index in [9.17, 15) is 0 Å². The van der Waals surface area contributed by atoms with E-state index in [1.54, 1.807) is 0 Å². The zero-order chi connectivity index (χ0) is 8.95. The molecule has 0 N–H and O–H groups in total. The second-order valence-electron chi connectivity index (χ2n) is 2.10. The van der Waals surface area contributed by atoms with Crippen molar-refractivity contribution >= 4 is 0 Å². The van der Waals surface area contributed by atoms with Gasteiger partial charge in [0, 0.05) is 0 Å². The summed E-state index contributed by atoms with van der Waals surface area (Å²) in [6.07, 6.45) is 6.56. The van der Waals surface area contributed by atoms with Crippen LogP contribution in [0.1, 0.15) is 32.6 Å². The first-order chi connectivity index (χ1) is 5.41. The number of hydrogen-bond donors (Lipinski definition) is 0. The van der Waals surface area contributed by atoms with Crippen LogP contribution in [0.3, 0.4) is 0 Å². The summed E-state index contributed by atoms with van der Waals surface area (Å²) in [7, 11) is 0. The number of unbranched alkanes of at least 4 members (excludes halogenated alkanes) is 3. The van der Waals surface area contributed by atoms with Crippen LogP contribution < -0.4 is 0 Å². The lowest BCUT2D eigenvalue weighted by molar-refractivity contribution is 0.242. The Balaban J connectivity index is 0. The summed E-state index contributed by atoms with van der Waals surface area (Å²) < 4.78 is 4.94. The largest absolute Gasteiger partial charge is 0.502 e. The smallest absolute Gasteiger partial charge is 0.0873 e. The van der Waals surface area contributed by atoms with E-state index >= 15 is 0 Å². The van der Waals surface area contributed by atoms with Gasteiger partial charge in [-0.25, -0.2) is 0 Å². The van der Waals surface area contributed by atoms with Crippen molar-refractivity contribution in [1.29, 1.82) is 0 Å². The third kappa shape index (κ3) is 17.6. The van der Waals surface area contributed by atoms with Crippen LogP contribution in [0.5, 0.6) is 0 Å². The Morgan fingerprint density at radius 3 is 2.27 bits per heavy atom. The Hall–Kier alpha value is -0.720. The van der Waals surface area contributed by atoms with E-state index in [-0.39, 0.29) is 0 Å². The summed E-state index contributed by atoms with van der Waals surface area (Å²) >= 11 is 0. The summed E-state index contributed by atoms with van der Waals surface area (Å²) in [5.74, 6) is 0. The molecule has 0 heterocycles. The van der Waals surface area contributed by atoms with E-state index in [1.165, 1.54) is 31.9 Å². The van der Waals surface area contributed by atoms with Crippen LogP contribution in [0.2, 0.25) is 0 Å². The molecule has 1 heteroatoms. The maximum atomic E-state index is 4.94. The van der Waals surface area contributed by atoms with Crippen molar-refractivity contribution in [3.05, 3.63) is 26.0 Å². The molecular formula is C10H20O. The fourth-order valence-electron chi connectivity index (χ4n) is 0.696. The van der Waals surface area contributed by atoms with Gasteiger partial charge in [0.1, 0.15) is 0 Å². The molecule has 0 aliphatic heterocycles. The van der Waals surface area contributed by atoms with Gasteiger partial charge in [0.25, 0.3) is 0 Å². The predicted molar refractivity (Wildman–Crippen MR) is 51.5 cm³/mol. The van der Waals surface area contributed by atoms with Crippen LogP contribution in [0.25, 0.3) is 0 Å². The second-order valence-corrected chi connectivity index (χ2v) is 2.10. The topological polar surface area (TPSA) is 9.23 Å². The fourth-order valence-corrected chi connectivity index (χ4v) is 0.696. The van der Waals surface area contributed by atoms with Crippen LogP contribution in [0.15, 0.2) is 26.0 Å². The van der Waals surface area contributed by atoms with Crippen LogP contribution in [0, 0.1) is 0 Å². The van der Waals surface area contributed by atoms with Crippen molar-refractivity contribution in [2.24, 2.45) is 0 Å². The molecule has 0 aliphatic carbocycles. The number of ether oxygens (including phenoxy) is 1. The predicted octanol–water partition coefficient (Wildman–Crippen LogP) is 3.53. The minimum Gasteiger partial charge on any atom is -0.502 e. The molecule has 1 nitrogen and oxygen atoms in total. The molecule has 0 aromatic carbocycles. The maximum absolute atomic E-state index is 4.94. The van der Waals surface area contributed by atoms with Crippen LogP contribution in [0.4, 0.5) is 0 Å². The Bertz CT molecular complexity index is 69.3. The molecule has 11 heavy (non-hydrogen) atoms. The molecule has 0 rings (SSSR count). The van der Waals surface area contributed by atoms with Gasteiger partial charge in [0.2, 0.25) is 0 Å². The molecule has 0 spiro atoms. The Morgan fingerprint density at radius 1 is 1.18 bits per heavy atom. The summed E-state index contributed by atoms with van der Waals surface area (Å²) in [5.41, 5.74) is 0. The molecule has 0 saturated carbocycles. The molecule has 0 bridgehead atoms. The normalized spacial score (nSPS) is 7.73. The Labute approximate surface area is 70.8 Å². The lowest BCUT2D eigenvalue weighted by atomic mass is 10.2. The average Bonchev–Trinajstić information content (AvgIpc) is 2.08. The fraction of sp³-hybridized carbons (Fsp3) is 0.600. The molecule has 0 unspecified atom stereocenters. The molecule has 66 valence electrons. The third-order valence-electron chi connectivity index (χ3n) is 1.23. The number of rotatable bonds is 6. The quantitative estimate of drug-likeness (QED) is 0.325. The summed E-state index contributed by atoms with van der Waals surface area (Å²) in [5, 5.41) is 0. The van der Waals surface area contributed by atoms with E-state index < -0.39 is 0 Å². The highest BCUT2D eigenvalue weighted by Crippen LogP contribution is 1.98. The first kappa shape index (κ1) is 12.9. The van der Waals surface area contributed by atoms with Crippen LogP contribution in [-0.2, 0) is 4.74 Å². The highest BCUT2D eigenvalue weighted by Gasteiger charge is 1.84. The zero-order valence-electron chi connectivity index (χ0n) is 7.64. The molecule has 0 saturated heterocycles. The Morgan fingerprint density at radius 2 is 1.82 bits per heavy atom. The third-order valence-corrected chi connectivity index (χ3v) is 1.23. The van der Waals surface area contributed by atoms with Gasteiger partial charge in [-0.3, -0.25) is 0 Å². The summed E-state index contributed by atoms with van der Waals surface area (Å²) in [6.45, 7) is 12.5. The van der Waals surface area contributed by atoms with E-state index in [4.69, 9.17) is 4.74 Å². The van der Waals surface area contributed by atoms with Gasteiger partial charge in [-0.05, 0) is 6.42 Å². The Kier molecular flexibility index (Phi) is 18.9. The number of hydrogen-bond acceptors (Lipinski definition) is 1. The van der Waals surface area contributed by atoms with Gasteiger partial charge in [-0.2, -0.15) is 0 Å². The van der Waals surface area contributed by atoms with Crippen molar-refractivity contribution in [1.82, 2.24) is 0 Å². The van der Waals surface area contributed by atoms with Gasteiger partial charge in [0.05, 0.1) is 12.9 Å². The van der Waals surface area contributed by atoms with Gasteiger partial charge >= 0.3 is 0 Å². The molecular weight excluding hydrogens is 136 g/mol. The standard InChI is InChI=1S/C8H16O.C2H4/c1-3-5-6-7-8-9-4-2;1-2/h4H,2-3,5-8H2,1H3;1-2H2. The van der Waals surface area contributed by atoms with Crippen molar-refractivity contribution < 1.29 is 4.74 Å². The minimum absolute atomic E-state index is 0.837. The van der Waals surface area contributed by atoms with Crippen molar-refractivity contribution in [2.75, 3.05) is 6.61 Å². The van der Waals surface area contributed by atoms with E-state index in [2.05, 4.69) is 26.7 Å². The first-order valence-corrected chi connectivity index (χ1v) is 4.14. The highest BCUT2D eigenvalue weighted by atomic mass is 16.5. The SMILES string of the molecule is C=C.C=COCCCCCC. The molecule has 0 radical (unpaired) electrons. The second kappa shape index (κ2) is 16.1. The monoisotopic (exact) mass is 156 g/mol. The summed E-state index contributed by atoms with van der Waals surface area (Å²) in [4.78, 5) is 0. The van der Waals surface area contributed by atoms with Crippen molar-refractivity contribution in [3.63, 3.8) is 0 Å². The molecule has 0 aliphatic rings. The first-order valence-electron chi connectivity index (χ1n) is 4.14. The lowest BCUT2D eigenvalue weighted by Gasteiger charge is -1.97. The maximum Gasteiger partial charge on any atom is 0.0873 e. The molecule has 0 amide bonds. The van der Waals surface area contributed by atoms with Crippen LogP contribution >= 0.6 is 0 Å². The molecule has 0 atom stereocenters. The van der Waals surface area contributed by atoms with E-state index in [0.29, 0.717) is 0 Å². The molecule has 0 fully saturated rings. The van der Waals surface area contributed by atoms with Gasteiger partial charge < -0.3 is 4.74 Å². The summed E-state index contributed by atoms with van der Waals surface area (Å²) in [6, 6.07) is 0. The lowest BCUT2D eigenvalue weighted by Crippen LogP contribution is -1.86. The van der Waals surface area contributed by atoms with Crippen LogP contribution in [-0.4, -0.2) is 6.61 Å². The van der Waals surface area contributed by atoms with E-state index in [0.717, 1.165) is 6.61 Å².